The molecule has 0 radical (unpaired) electrons. The Hall–Kier alpha value is -1.48. The van der Waals surface area contributed by atoms with Gasteiger partial charge in [-0.25, -0.2) is 5.43 Å². The van der Waals surface area contributed by atoms with Gasteiger partial charge in [0.1, 0.15) is 11.6 Å². The number of benzene rings is 1. The number of hydrogen-bond donors (Lipinski definition) is 3. The summed E-state index contributed by atoms with van der Waals surface area (Å²) in [4.78, 5) is 13.5. The van der Waals surface area contributed by atoms with Gasteiger partial charge in [-0.2, -0.15) is 0 Å². The highest BCUT2D eigenvalue weighted by Gasteiger charge is 2.31. The number of carbonyl (C=O) groups excluding carboxylic acids is 1. The number of para-hydroxylation sites is 1. The molecule has 1 fully saturated rings. The number of hydrogen-bond acceptors (Lipinski definition) is 7. The summed E-state index contributed by atoms with van der Waals surface area (Å²) >= 11 is 2.98. The minimum Gasteiger partial charge on any atom is -0.324 e. The van der Waals surface area contributed by atoms with Crippen LogP contribution in [0.25, 0.3) is 0 Å². The summed E-state index contributed by atoms with van der Waals surface area (Å²) < 4.78 is 0.854. The minimum atomic E-state index is -0.220. The lowest BCUT2D eigenvalue weighted by atomic mass is 9.99. The van der Waals surface area contributed by atoms with E-state index in [9.17, 15) is 4.79 Å². The van der Waals surface area contributed by atoms with E-state index in [2.05, 4.69) is 40.2 Å². The van der Waals surface area contributed by atoms with Crippen LogP contribution < -0.4 is 16.2 Å². The average molecular weight is 349 g/mol. The fourth-order valence-electron chi connectivity index (χ4n) is 2.37. The molecule has 0 aliphatic carbocycles. The molecule has 3 rings (SSSR count). The molecule has 2 unspecified atom stereocenters. The summed E-state index contributed by atoms with van der Waals surface area (Å²) in [5.74, 6) is 0.464. The molecule has 2 atom stereocenters. The number of anilines is 1. The van der Waals surface area contributed by atoms with Gasteiger partial charge in [-0.05, 0) is 24.5 Å². The first-order valence-corrected chi connectivity index (χ1v) is 9.18. The summed E-state index contributed by atoms with van der Waals surface area (Å²) in [6.07, 6.45) is 0.787. The molecule has 8 heteroatoms. The maximum absolute atomic E-state index is 12.5. The topological polar surface area (TPSA) is 78.9 Å². The van der Waals surface area contributed by atoms with Gasteiger partial charge in [-0.15, -0.1) is 10.2 Å². The van der Waals surface area contributed by atoms with Crippen molar-refractivity contribution in [3.05, 3.63) is 29.8 Å². The van der Waals surface area contributed by atoms with Gasteiger partial charge in [0.25, 0.3) is 0 Å². The molecule has 0 spiro atoms. The second-order valence-electron chi connectivity index (χ2n) is 5.72. The molecule has 122 valence electrons. The molecule has 1 aliphatic heterocycles. The van der Waals surface area contributed by atoms with Crippen LogP contribution in [0, 0.1) is 5.92 Å². The molecule has 1 amide bonds. The van der Waals surface area contributed by atoms with Crippen molar-refractivity contribution in [1.29, 1.82) is 0 Å². The van der Waals surface area contributed by atoms with E-state index in [-0.39, 0.29) is 11.9 Å². The van der Waals surface area contributed by atoms with Gasteiger partial charge in [-0.3, -0.25) is 10.2 Å². The van der Waals surface area contributed by atoms with Crippen LogP contribution in [0.4, 0.5) is 5.69 Å². The monoisotopic (exact) mass is 349 g/mol. The Morgan fingerprint density at radius 1 is 1.39 bits per heavy atom. The Kier molecular flexibility index (Phi) is 5.27. The van der Waals surface area contributed by atoms with Gasteiger partial charge >= 0.3 is 0 Å². The van der Waals surface area contributed by atoms with Crippen molar-refractivity contribution < 1.29 is 4.79 Å². The number of rotatable bonds is 5. The Bertz CT molecular complexity index is 662. The molecule has 2 aromatic rings. The van der Waals surface area contributed by atoms with E-state index in [4.69, 9.17) is 0 Å². The lowest BCUT2D eigenvalue weighted by Gasteiger charge is -2.14. The van der Waals surface area contributed by atoms with E-state index in [0.29, 0.717) is 12.0 Å². The summed E-state index contributed by atoms with van der Waals surface area (Å²) in [6, 6.07) is 7.83. The second-order valence-corrected chi connectivity index (χ2v) is 7.84. The van der Waals surface area contributed by atoms with E-state index in [0.717, 1.165) is 21.3 Å². The van der Waals surface area contributed by atoms with E-state index >= 15 is 0 Å². The van der Waals surface area contributed by atoms with E-state index in [1.807, 2.05) is 24.3 Å². The molecule has 3 N–H and O–H groups in total. The van der Waals surface area contributed by atoms with Gasteiger partial charge in [0, 0.05) is 10.9 Å². The molecular formula is C15H19N5OS2. The summed E-state index contributed by atoms with van der Waals surface area (Å²) in [5, 5.41) is 10.9. The van der Waals surface area contributed by atoms with Crippen molar-refractivity contribution in [2.24, 2.45) is 5.92 Å². The first-order chi connectivity index (χ1) is 11.1. The Morgan fingerprint density at radius 2 is 2.22 bits per heavy atom. The van der Waals surface area contributed by atoms with Crippen LogP contribution in [0.1, 0.15) is 20.3 Å². The quantitative estimate of drug-likeness (QED) is 0.770. The van der Waals surface area contributed by atoms with Crippen molar-refractivity contribution in [2.45, 2.75) is 41.6 Å². The molecule has 1 saturated heterocycles. The van der Waals surface area contributed by atoms with Crippen molar-refractivity contribution >= 4 is 34.7 Å². The van der Waals surface area contributed by atoms with Crippen molar-refractivity contribution in [2.75, 3.05) is 5.32 Å². The molecule has 2 heterocycles. The highest BCUT2D eigenvalue weighted by atomic mass is 32.2. The third-order valence-corrected chi connectivity index (χ3v) is 5.59. The van der Waals surface area contributed by atoms with Crippen LogP contribution >= 0.6 is 23.1 Å². The molecule has 1 aromatic heterocycles. The molecular weight excluding hydrogens is 330 g/mol. The predicted octanol–water partition coefficient (Wildman–Crippen LogP) is 2.52. The van der Waals surface area contributed by atoms with E-state index in [1.165, 1.54) is 23.1 Å². The number of nitrogens with zero attached hydrogens (tertiary/aromatic N) is 2. The maximum atomic E-state index is 12.5. The minimum absolute atomic E-state index is 0.0223. The first-order valence-electron chi connectivity index (χ1n) is 7.48. The molecule has 23 heavy (non-hydrogen) atoms. The van der Waals surface area contributed by atoms with Gasteiger partial charge in [-0.1, -0.05) is 49.1 Å². The van der Waals surface area contributed by atoms with Crippen LogP contribution in [0.2, 0.25) is 0 Å². The summed E-state index contributed by atoms with van der Waals surface area (Å²) in [5.41, 5.74) is 8.77. The van der Waals surface area contributed by atoms with Crippen molar-refractivity contribution in [1.82, 2.24) is 21.0 Å². The zero-order chi connectivity index (χ0) is 16.2. The lowest BCUT2D eigenvalue weighted by molar-refractivity contribution is -0.117. The average Bonchev–Trinajstić information content (AvgIpc) is 3.20. The van der Waals surface area contributed by atoms with Crippen LogP contribution in [0.15, 0.2) is 39.0 Å². The Morgan fingerprint density at radius 3 is 2.91 bits per heavy atom. The van der Waals surface area contributed by atoms with E-state index < -0.39 is 0 Å². The molecule has 0 saturated carbocycles. The lowest BCUT2D eigenvalue weighted by Crippen LogP contribution is -2.40. The fraction of sp³-hybridized carbons (Fsp3) is 0.400. The van der Waals surface area contributed by atoms with Gasteiger partial charge in [0.15, 0.2) is 4.34 Å². The van der Waals surface area contributed by atoms with Crippen LogP contribution in [-0.2, 0) is 4.79 Å². The largest absolute Gasteiger partial charge is 0.324 e. The van der Waals surface area contributed by atoms with Gasteiger partial charge < -0.3 is 5.32 Å². The predicted molar refractivity (Wildman–Crippen MR) is 92.4 cm³/mol. The van der Waals surface area contributed by atoms with E-state index in [1.54, 1.807) is 5.51 Å². The maximum Gasteiger partial charge on any atom is 0.242 e. The summed E-state index contributed by atoms with van der Waals surface area (Å²) in [6.45, 7) is 4.29. The zero-order valence-corrected chi connectivity index (χ0v) is 14.6. The normalized spacial score (nSPS) is 20.8. The zero-order valence-electron chi connectivity index (χ0n) is 12.9. The number of nitrogens with one attached hydrogen (secondary N) is 3. The van der Waals surface area contributed by atoms with Crippen LogP contribution in [0.3, 0.4) is 0 Å². The smallest absolute Gasteiger partial charge is 0.242 e. The third kappa shape index (κ3) is 4.08. The van der Waals surface area contributed by atoms with Crippen LogP contribution in [0.5, 0.6) is 0 Å². The van der Waals surface area contributed by atoms with Crippen molar-refractivity contribution in [3.63, 3.8) is 0 Å². The Balaban J connectivity index is 1.67. The number of carbonyl (C=O) groups is 1. The first kappa shape index (κ1) is 16.4. The highest BCUT2D eigenvalue weighted by Crippen LogP contribution is 2.34. The molecule has 1 aromatic carbocycles. The standard InChI is InChI=1S/C15H19N5OS2/c1-9(2)11-7-12(19-18-11)14(21)17-10-5-3-4-6-13(10)23-15-20-16-8-22-15/h3-6,8-9,11-12,18-19H,7H2,1-2H3,(H,17,21). The van der Waals surface area contributed by atoms with Gasteiger partial charge in [0.2, 0.25) is 5.91 Å². The fourth-order valence-corrected chi connectivity index (χ4v) is 3.89. The molecule has 6 nitrogen and oxygen atoms in total. The number of hydrazine groups is 1. The highest BCUT2D eigenvalue weighted by molar-refractivity contribution is 8.01. The molecule has 0 bridgehead atoms. The number of amides is 1. The second kappa shape index (κ2) is 7.39. The summed E-state index contributed by atoms with van der Waals surface area (Å²) in [7, 11) is 0. The van der Waals surface area contributed by atoms with Crippen molar-refractivity contribution in [3.8, 4) is 0 Å². The SMILES string of the molecule is CC(C)C1CC(C(=O)Nc2ccccc2Sc2nncs2)NN1. The van der Waals surface area contributed by atoms with Gasteiger partial charge in [0.05, 0.1) is 5.69 Å². The third-order valence-electron chi connectivity index (χ3n) is 3.74. The Labute approximate surface area is 143 Å². The van der Waals surface area contributed by atoms with Crippen LogP contribution in [-0.4, -0.2) is 28.2 Å². The molecule has 1 aliphatic rings. The number of aromatic nitrogens is 2.